The van der Waals surface area contributed by atoms with Crippen molar-refractivity contribution >= 4 is 11.4 Å². The molecule has 1 aromatic carbocycles. The summed E-state index contributed by atoms with van der Waals surface area (Å²) in [5.41, 5.74) is 3.94. The zero-order chi connectivity index (χ0) is 24.7. The van der Waals surface area contributed by atoms with Crippen molar-refractivity contribution in [2.24, 2.45) is 7.05 Å². The van der Waals surface area contributed by atoms with Gasteiger partial charge in [-0.1, -0.05) is 26.8 Å². The van der Waals surface area contributed by atoms with Gasteiger partial charge in [0.05, 0.1) is 41.2 Å². The molecule has 0 aliphatic carbocycles. The molecule has 4 aromatic heterocycles. The van der Waals surface area contributed by atoms with Crippen LogP contribution in [-0.2, 0) is 19.0 Å². The average Bonchev–Trinajstić information content (AvgIpc) is 3.56. The summed E-state index contributed by atoms with van der Waals surface area (Å²) in [6.07, 6.45) is 8.44. The lowest BCUT2D eigenvalue weighted by molar-refractivity contribution is 0.0916. The van der Waals surface area contributed by atoms with Gasteiger partial charge in [0.1, 0.15) is 12.1 Å². The van der Waals surface area contributed by atoms with Crippen LogP contribution < -0.4 is 5.32 Å². The SMILES string of the molecule is Cn1cc(-c2cn3nccc3c(-c3ccc(CNC(=O)c4nc(C(C)(C)C)co4)cc3F)n2)cn1. The van der Waals surface area contributed by atoms with Crippen molar-refractivity contribution in [2.45, 2.75) is 32.7 Å². The molecule has 0 saturated heterocycles. The molecule has 0 spiro atoms. The first kappa shape index (κ1) is 22.5. The van der Waals surface area contributed by atoms with Gasteiger partial charge in [0.25, 0.3) is 5.89 Å². The number of hydrogen-bond donors (Lipinski definition) is 1. The summed E-state index contributed by atoms with van der Waals surface area (Å²) >= 11 is 0. The number of aryl methyl sites for hydroxylation is 1. The standard InChI is InChI=1S/C25H24FN7O2/c1-25(2,3)21-14-35-24(31-21)23(34)27-10-15-5-6-17(18(26)9-15)22-20-7-8-28-33(20)13-19(30-22)16-11-29-32(4)12-16/h5-9,11-14H,10H2,1-4H3,(H,27,34). The van der Waals surface area contributed by atoms with E-state index in [9.17, 15) is 4.79 Å². The summed E-state index contributed by atoms with van der Waals surface area (Å²) in [6.45, 7) is 6.07. The predicted molar refractivity (Wildman–Crippen MR) is 127 cm³/mol. The number of benzene rings is 1. The van der Waals surface area contributed by atoms with Gasteiger partial charge < -0.3 is 9.73 Å². The first-order valence-electron chi connectivity index (χ1n) is 11.1. The number of nitrogens with zero attached hydrogens (tertiary/aromatic N) is 6. The molecule has 0 radical (unpaired) electrons. The van der Waals surface area contributed by atoms with Crippen LogP contribution in [0.25, 0.3) is 28.0 Å². The van der Waals surface area contributed by atoms with Gasteiger partial charge in [-0.2, -0.15) is 10.2 Å². The van der Waals surface area contributed by atoms with Crippen LogP contribution >= 0.6 is 0 Å². The van der Waals surface area contributed by atoms with E-state index in [4.69, 9.17) is 9.40 Å². The van der Waals surface area contributed by atoms with Gasteiger partial charge in [-0.15, -0.1) is 0 Å². The highest BCUT2D eigenvalue weighted by Crippen LogP contribution is 2.29. The Balaban J connectivity index is 1.39. The Bertz CT molecular complexity index is 1540. The average molecular weight is 474 g/mol. The number of halogens is 1. The number of carbonyl (C=O) groups excluding carboxylic acids is 1. The third kappa shape index (κ3) is 4.42. The molecule has 5 aromatic rings. The van der Waals surface area contributed by atoms with Gasteiger partial charge in [-0.3, -0.25) is 9.48 Å². The fraction of sp³-hybridized carbons (Fsp3) is 0.240. The van der Waals surface area contributed by atoms with Crippen molar-refractivity contribution in [1.82, 2.24) is 34.7 Å². The normalized spacial score (nSPS) is 11.8. The van der Waals surface area contributed by atoms with E-state index < -0.39 is 11.7 Å². The molecule has 0 unspecified atom stereocenters. The Kier molecular flexibility index (Phi) is 5.43. The van der Waals surface area contributed by atoms with Crippen LogP contribution in [0.15, 0.2) is 59.7 Å². The largest absolute Gasteiger partial charge is 0.441 e. The molecule has 35 heavy (non-hydrogen) atoms. The number of carbonyl (C=O) groups is 1. The van der Waals surface area contributed by atoms with Gasteiger partial charge in [0.15, 0.2) is 0 Å². The van der Waals surface area contributed by atoms with E-state index in [1.54, 1.807) is 46.0 Å². The molecule has 4 heterocycles. The van der Waals surface area contributed by atoms with Crippen molar-refractivity contribution < 1.29 is 13.6 Å². The third-order valence-electron chi connectivity index (χ3n) is 5.60. The summed E-state index contributed by atoms with van der Waals surface area (Å²) in [4.78, 5) is 21.4. The topological polar surface area (TPSA) is 103 Å². The molecule has 0 aliphatic heterocycles. The minimum Gasteiger partial charge on any atom is -0.441 e. The van der Waals surface area contributed by atoms with E-state index in [-0.39, 0.29) is 17.9 Å². The second-order valence-electron chi connectivity index (χ2n) is 9.32. The summed E-state index contributed by atoms with van der Waals surface area (Å²) in [7, 11) is 1.82. The summed E-state index contributed by atoms with van der Waals surface area (Å²) in [5.74, 6) is -0.940. The lowest BCUT2D eigenvalue weighted by Gasteiger charge is -2.12. The Labute approximate surface area is 200 Å². The zero-order valence-corrected chi connectivity index (χ0v) is 19.8. The summed E-state index contributed by atoms with van der Waals surface area (Å²) in [5, 5.41) is 11.2. The number of amides is 1. The lowest BCUT2D eigenvalue weighted by atomic mass is 9.93. The van der Waals surface area contributed by atoms with Gasteiger partial charge in [0, 0.05) is 36.3 Å². The first-order valence-corrected chi connectivity index (χ1v) is 11.1. The van der Waals surface area contributed by atoms with E-state index in [2.05, 4.69) is 20.5 Å². The van der Waals surface area contributed by atoms with Crippen molar-refractivity contribution in [3.8, 4) is 22.5 Å². The van der Waals surface area contributed by atoms with Crippen LogP contribution in [0.4, 0.5) is 4.39 Å². The fourth-order valence-electron chi connectivity index (χ4n) is 3.66. The number of rotatable bonds is 5. The maximum absolute atomic E-state index is 15.3. The molecule has 0 saturated carbocycles. The van der Waals surface area contributed by atoms with Crippen molar-refractivity contribution in [3.05, 3.63) is 78.3 Å². The highest BCUT2D eigenvalue weighted by Gasteiger charge is 2.22. The van der Waals surface area contributed by atoms with Gasteiger partial charge in [-0.05, 0) is 23.8 Å². The van der Waals surface area contributed by atoms with Crippen LogP contribution in [-0.4, -0.2) is 35.3 Å². The molecular formula is C25H24FN7O2. The van der Waals surface area contributed by atoms with Crippen LogP contribution in [0.5, 0.6) is 0 Å². The second kappa shape index (κ2) is 8.46. The van der Waals surface area contributed by atoms with E-state index in [0.29, 0.717) is 33.7 Å². The highest BCUT2D eigenvalue weighted by atomic mass is 19.1. The number of nitrogens with one attached hydrogen (secondary N) is 1. The number of fused-ring (bicyclic) bond motifs is 1. The Hall–Kier alpha value is -4.34. The molecule has 5 rings (SSSR count). The minimum atomic E-state index is -0.461. The predicted octanol–water partition coefficient (Wildman–Crippen LogP) is 4.15. The second-order valence-corrected chi connectivity index (χ2v) is 9.32. The first-order chi connectivity index (χ1) is 16.7. The van der Waals surface area contributed by atoms with E-state index >= 15 is 4.39 Å². The third-order valence-corrected chi connectivity index (χ3v) is 5.60. The van der Waals surface area contributed by atoms with E-state index in [1.165, 1.54) is 12.3 Å². The molecule has 0 fully saturated rings. The number of aromatic nitrogens is 6. The van der Waals surface area contributed by atoms with E-state index in [0.717, 1.165) is 5.56 Å². The fourth-order valence-corrected chi connectivity index (χ4v) is 3.66. The number of hydrogen-bond acceptors (Lipinski definition) is 6. The van der Waals surface area contributed by atoms with Crippen molar-refractivity contribution in [1.29, 1.82) is 0 Å². The highest BCUT2D eigenvalue weighted by molar-refractivity contribution is 5.89. The van der Waals surface area contributed by atoms with Crippen LogP contribution in [0.3, 0.4) is 0 Å². The Morgan fingerprint density at radius 3 is 2.66 bits per heavy atom. The van der Waals surface area contributed by atoms with Crippen LogP contribution in [0, 0.1) is 5.82 Å². The van der Waals surface area contributed by atoms with Gasteiger partial charge in [0.2, 0.25) is 0 Å². The molecule has 0 aliphatic rings. The zero-order valence-electron chi connectivity index (χ0n) is 19.8. The maximum Gasteiger partial charge on any atom is 0.307 e. The maximum atomic E-state index is 15.3. The van der Waals surface area contributed by atoms with E-state index in [1.807, 2.05) is 34.0 Å². The lowest BCUT2D eigenvalue weighted by Crippen LogP contribution is -2.23. The molecule has 9 nitrogen and oxygen atoms in total. The molecule has 0 bridgehead atoms. The summed E-state index contributed by atoms with van der Waals surface area (Å²) in [6, 6.07) is 6.57. The minimum absolute atomic E-state index is 0.0217. The monoisotopic (exact) mass is 473 g/mol. The summed E-state index contributed by atoms with van der Waals surface area (Å²) < 4.78 is 23.9. The van der Waals surface area contributed by atoms with Crippen molar-refractivity contribution in [3.63, 3.8) is 0 Å². The van der Waals surface area contributed by atoms with Gasteiger partial charge in [-0.25, -0.2) is 18.9 Å². The van der Waals surface area contributed by atoms with Crippen LogP contribution in [0.1, 0.15) is 42.7 Å². The molecule has 1 N–H and O–H groups in total. The molecular weight excluding hydrogens is 449 g/mol. The molecule has 0 atom stereocenters. The van der Waals surface area contributed by atoms with Crippen molar-refractivity contribution in [2.75, 3.05) is 0 Å². The number of oxazole rings is 1. The smallest absolute Gasteiger partial charge is 0.307 e. The molecule has 10 heteroatoms. The Morgan fingerprint density at radius 2 is 1.97 bits per heavy atom. The van der Waals surface area contributed by atoms with Crippen LogP contribution in [0.2, 0.25) is 0 Å². The quantitative estimate of drug-likeness (QED) is 0.411. The molecule has 178 valence electrons. The molecule has 1 amide bonds. The van der Waals surface area contributed by atoms with Gasteiger partial charge >= 0.3 is 5.91 Å². The Morgan fingerprint density at radius 1 is 1.14 bits per heavy atom.